The average Bonchev–Trinajstić information content (AvgIpc) is 2.82. The highest BCUT2D eigenvalue weighted by molar-refractivity contribution is 7.89. The number of pyridine rings is 1. The number of aliphatic carboxylic acids is 1. The van der Waals surface area contributed by atoms with Crippen LogP contribution in [-0.4, -0.2) is 35.5 Å². The Hall–Kier alpha value is -2.19. The fraction of sp³-hybridized carbons (Fsp3) is 0.167. The maximum absolute atomic E-state index is 12.2. The molecule has 0 spiro atoms. The maximum atomic E-state index is 12.2. The van der Waals surface area contributed by atoms with Gasteiger partial charge in [0.05, 0.1) is 0 Å². The lowest BCUT2D eigenvalue weighted by atomic mass is 10.2. The molecule has 2 aromatic heterocycles. The lowest BCUT2D eigenvalue weighted by Gasteiger charge is -2.12. The van der Waals surface area contributed by atoms with Crippen molar-refractivity contribution in [3.63, 3.8) is 0 Å². The number of carboxylic acid groups (broad SMARTS) is 1. The van der Waals surface area contributed by atoms with Gasteiger partial charge in [0, 0.05) is 17.8 Å². The van der Waals surface area contributed by atoms with Crippen LogP contribution in [0.15, 0.2) is 42.1 Å². The Morgan fingerprint density at radius 1 is 1.60 bits per heavy atom. The standard InChI is InChI=1S/C12H13N3O4S/c1-2-4-9(12(16)17)15-20(18,19)10-7-14-11-8(10)5-3-6-13-11/h2-3,5-7,9,15H,1,4H2,(H,13,14)(H,16,17). The molecular weight excluding hydrogens is 282 g/mol. The van der Waals surface area contributed by atoms with Crippen molar-refractivity contribution in [1.29, 1.82) is 0 Å². The van der Waals surface area contributed by atoms with Crippen molar-refractivity contribution in [3.05, 3.63) is 37.2 Å². The second-order valence-electron chi connectivity index (χ2n) is 4.09. The molecular formula is C12H13N3O4S. The van der Waals surface area contributed by atoms with Gasteiger partial charge in [-0.05, 0) is 18.6 Å². The highest BCUT2D eigenvalue weighted by Gasteiger charge is 2.26. The predicted octanol–water partition coefficient (Wildman–Crippen LogP) is 0.871. The normalized spacial score (nSPS) is 13.2. The van der Waals surface area contributed by atoms with E-state index in [4.69, 9.17) is 5.11 Å². The lowest BCUT2D eigenvalue weighted by molar-refractivity contribution is -0.138. The summed E-state index contributed by atoms with van der Waals surface area (Å²) in [5.74, 6) is -1.26. The molecule has 0 aliphatic rings. The van der Waals surface area contributed by atoms with E-state index in [1.165, 1.54) is 18.5 Å². The highest BCUT2D eigenvalue weighted by atomic mass is 32.2. The molecule has 0 aliphatic carbocycles. The Balaban J connectivity index is 2.39. The third-order valence-corrected chi connectivity index (χ3v) is 4.21. The van der Waals surface area contributed by atoms with Crippen molar-refractivity contribution in [2.24, 2.45) is 0 Å². The number of aromatic nitrogens is 2. The van der Waals surface area contributed by atoms with Crippen molar-refractivity contribution in [1.82, 2.24) is 14.7 Å². The van der Waals surface area contributed by atoms with E-state index in [2.05, 4.69) is 21.3 Å². The molecule has 0 saturated carbocycles. The van der Waals surface area contributed by atoms with Gasteiger partial charge >= 0.3 is 5.97 Å². The van der Waals surface area contributed by atoms with Gasteiger partial charge in [0.25, 0.3) is 0 Å². The summed E-state index contributed by atoms with van der Waals surface area (Å²) in [5.41, 5.74) is 0.420. The number of nitrogens with zero attached hydrogens (tertiary/aromatic N) is 1. The number of carbonyl (C=O) groups is 1. The van der Waals surface area contributed by atoms with Crippen molar-refractivity contribution in [2.45, 2.75) is 17.4 Å². The zero-order chi connectivity index (χ0) is 14.8. The summed E-state index contributed by atoms with van der Waals surface area (Å²) in [6.45, 7) is 3.41. The van der Waals surface area contributed by atoms with E-state index >= 15 is 0 Å². The molecule has 7 nitrogen and oxygen atoms in total. The minimum atomic E-state index is -3.96. The number of fused-ring (bicyclic) bond motifs is 1. The van der Waals surface area contributed by atoms with Crippen LogP contribution in [-0.2, 0) is 14.8 Å². The summed E-state index contributed by atoms with van der Waals surface area (Å²) in [7, 11) is -3.96. The summed E-state index contributed by atoms with van der Waals surface area (Å²) in [6.07, 6.45) is 4.15. The Morgan fingerprint density at radius 3 is 3.00 bits per heavy atom. The molecule has 0 aliphatic heterocycles. The van der Waals surface area contributed by atoms with Gasteiger partial charge in [-0.2, -0.15) is 4.72 Å². The summed E-state index contributed by atoms with van der Waals surface area (Å²) < 4.78 is 26.6. The summed E-state index contributed by atoms with van der Waals surface area (Å²) in [4.78, 5) is 17.7. The average molecular weight is 295 g/mol. The minimum absolute atomic E-state index is 0.00479. The Morgan fingerprint density at radius 2 is 2.35 bits per heavy atom. The van der Waals surface area contributed by atoms with Gasteiger partial charge in [0.1, 0.15) is 16.6 Å². The van der Waals surface area contributed by atoms with Crippen LogP contribution in [0.2, 0.25) is 0 Å². The number of nitrogens with one attached hydrogen (secondary N) is 2. The van der Waals surface area contributed by atoms with Gasteiger partial charge in [-0.1, -0.05) is 6.08 Å². The summed E-state index contributed by atoms with van der Waals surface area (Å²) in [5, 5.41) is 9.39. The smallest absolute Gasteiger partial charge is 0.322 e. The van der Waals surface area contributed by atoms with Crippen molar-refractivity contribution in [3.8, 4) is 0 Å². The van der Waals surface area contributed by atoms with E-state index in [1.54, 1.807) is 12.1 Å². The highest BCUT2D eigenvalue weighted by Crippen LogP contribution is 2.21. The van der Waals surface area contributed by atoms with Gasteiger partial charge in [-0.25, -0.2) is 13.4 Å². The van der Waals surface area contributed by atoms with Crippen LogP contribution in [0.1, 0.15) is 6.42 Å². The summed E-state index contributed by atoms with van der Waals surface area (Å²) in [6, 6.07) is 1.95. The molecule has 20 heavy (non-hydrogen) atoms. The molecule has 0 saturated heterocycles. The molecule has 8 heteroatoms. The number of aromatic amines is 1. The first-order valence-electron chi connectivity index (χ1n) is 5.74. The zero-order valence-electron chi connectivity index (χ0n) is 10.4. The van der Waals surface area contributed by atoms with Gasteiger partial charge in [0.2, 0.25) is 10.0 Å². The molecule has 0 amide bonds. The molecule has 2 aromatic rings. The van der Waals surface area contributed by atoms with Crippen LogP contribution in [0.4, 0.5) is 0 Å². The first-order chi connectivity index (χ1) is 9.45. The summed E-state index contributed by atoms with van der Waals surface area (Å²) >= 11 is 0. The molecule has 2 rings (SSSR count). The van der Waals surface area contributed by atoms with Crippen LogP contribution >= 0.6 is 0 Å². The number of H-pyrrole nitrogens is 1. The quantitative estimate of drug-likeness (QED) is 0.684. The number of rotatable bonds is 6. The van der Waals surface area contributed by atoms with E-state index in [1.807, 2.05) is 0 Å². The Bertz CT molecular complexity index is 751. The number of hydrogen-bond acceptors (Lipinski definition) is 4. The largest absolute Gasteiger partial charge is 0.480 e. The molecule has 1 unspecified atom stereocenters. The van der Waals surface area contributed by atoms with Crippen molar-refractivity contribution >= 4 is 27.0 Å². The fourth-order valence-corrected chi connectivity index (χ4v) is 3.14. The van der Waals surface area contributed by atoms with E-state index in [-0.39, 0.29) is 11.3 Å². The zero-order valence-corrected chi connectivity index (χ0v) is 11.2. The van der Waals surface area contributed by atoms with E-state index in [0.717, 1.165) is 0 Å². The van der Waals surface area contributed by atoms with E-state index in [0.29, 0.717) is 11.0 Å². The molecule has 106 valence electrons. The Kier molecular flexibility index (Phi) is 3.86. The topological polar surface area (TPSA) is 112 Å². The number of carboxylic acids is 1. The maximum Gasteiger partial charge on any atom is 0.322 e. The number of sulfonamides is 1. The molecule has 2 heterocycles. The lowest BCUT2D eigenvalue weighted by Crippen LogP contribution is -2.40. The van der Waals surface area contributed by atoms with Crippen LogP contribution in [0.3, 0.4) is 0 Å². The fourth-order valence-electron chi connectivity index (χ4n) is 1.77. The number of hydrogen-bond donors (Lipinski definition) is 3. The molecule has 3 N–H and O–H groups in total. The molecule has 0 fully saturated rings. The third-order valence-electron chi connectivity index (χ3n) is 2.70. The SMILES string of the molecule is C=CCC(NS(=O)(=O)c1c[nH]c2ncccc12)C(=O)O. The van der Waals surface area contributed by atoms with Gasteiger partial charge < -0.3 is 10.1 Å². The molecule has 0 bridgehead atoms. The first kappa shape index (κ1) is 14.2. The molecule has 0 radical (unpaired) electrons. The van der Waals surface area contributed by atoms with Gasteiger partial charge in [-0.15, -0.1) is 6.58 Å². The third kappa shape index (κ3) is 2.70. The second kappa shape index (κ2) is 5.43. The van der Waals surface area contributed by atoms with Gasteiger partial charge in [-0.3, -0.25) is 4.79 Å². The van der Waals surface area contributed by atoms with Crippen LogP contribution in [0.5, 0.6) is 0 Å². The minimum Gasteiger partial charge on any atom is -0.480 e. The van der Waals surface area contributed by atoms with Gasteiger partial charge in [0.15, 0.2) is 0 Å². The van der Waals surface area contributed by atoms with E-state index < -0.39 is 22.0 Å². The monoisotopic (exact) mass is 295 g/mol. The van der Waals surface area contributed by atoms with E-state index in [9.17, 15) is 13.2 Å². The predicted molar refractivity (Wildman–Crippen MR) is 72.7 cm³/mol. The Labute approximate surface area is 115 Å². The first-order valence-corrected chi connectivity index (χ1v) is 7.22. The molecule has 1 atom stereocenters. The van der Waals surface area contributed by atoms with Crippen LogP contribution in [0.25, 0.3) is 11.0 Å². The molecule has 0 aromatic carbocycles. The van der Waals surface area contributed by atoms with Crippen LogP contribution < -0.4 is 4.72 Å². The van der Waals surface area contributed by atoms with Crippen molar-refractivity contribution in [2.75, 3.05) is 0 Å². The second-order valence-corrected chi connectivity index (χ2v) is 5.77. The van der Waals surface area contributed by atoms with Crippen LogP contribution in [0, 0.1) is 0 Å². The van der Waals surface area contributed by atoms with Crippen molar-refractivity contribution < 1.29 is 18.3 Å².